The molecule has 1 aromatic rings. The fourth-order valence-corrected chi connectivity index (χ4v) is 3.41. The van der Waals surface area contributed by atoms with Crippen LogP contribution < -0.4 is 4.90 Å². The number of benzene rings is 1. The first-order chi connectivity index (χ1) is 10.9. The largest absolute Gasteiger partial charge is 0.481 e. The number of carbonyl (C=O) groups is 2. The molecule has 1 N–H and O–H groups in total. The Morgan fingerprint density at radius 1 is 1.35 bits per heavy atom. The Hall–Kier alpha value is -1.86. The van der Waals surface area contributed by atoms with Gasteiger partial charge in [0.2, 0.25) is 0 Å². The van der Waals surface area contributed by atoms with Gasteiger partial charge in [-0.2, -0.15) is 0 Å². The van der Waals surface area contributed by atoms with Crippen molar-refractivity contribution in [1.82, 2.24) is 4.90 Å². The van der Waals surface area contributed by atoms with E-state index in [2.05, 4.69) is 0 Å². The van der Waals surface area contributed by atoms with Crippen LogP contribution in [0, 0.1) is 0 Å². The van der Waals surface area contributed by atoms with Crippen molar-refractivity contribution < 1.29 is 14.7 Å². The number of amides is 1. The van der Waals surface area contributed by atoms with Crippen molar-refractivity contribution in [3.8, 4) is 0 Å². The van der Waals surface area contributed by atoms with Crippen LogP contribution in [0.4, 0.5) is 5.69 Å². The Labute approximate surface area is 145 Å². The SMILES string of the molecule is CN(C)c1ccc(/C=C2\SC(=S)N(CCCC(=O)O)C2=O)cc1. The summed E-state index contributed by atoms with van der Waals surface area (Å²) >= 11 is 6.48. The Bertz CT molecular complexity index is 654. The van der Waals surface area contributed by atoms with Crippen molar-refractivity contribution in [2.24, 2.45) is 0 Å². The predicted molar refractivity (Wildman–Crippen MR) is 97.5 cm³/mol. The van der Waals surface area contributed by atoms with Crippen molar-refractivity contribution in [1.29, 1.82) is 0 Å². The van der Waals surface area contributed by atoms with Gasteiger partial charge in [-0.15, -0.1) is 0 Å². The zero-order valence-corrected chi connectivity index (χ0v) is 14.6. The average molecular weight is 350 g/mol. The highest BCUT2D eigenvalue weighted by atomic mass is 32.2. The Balaban J connectivity index is 2.07. The molecule has 122 valence electrons. The maximum absolute atomic E-state index is 12.4. The molecule has 1 aliphatic rings. The fourth-order valence-electron chi connectivity index (χ4n) is 2.10. The first-order valence-electron chi connectivity index (χ1n) is 7.13. The molecule has 5 nitrogen and oxygen atoms in total. The van der Waals surface area contributed by atoms with Gasteiger partial charge in [0.15, 0.2) is 0 Å². The molecule has 1 fully saturated rings. The smallest absolute Gasteiger partial charge is 0.303 e. The van der Waals surface area contributed by atoms with Crippen molar-refractivity contribution in [3.05, 3.63) is 34.7 Å². The van der Waals surface area contributed by atoms with E-state index in [4.69, 9.17) is 17.3 Å². The first-order valence-corrected chi connectivity index (χ1v) is 8.35. The molecule has 0 aliphatic carbocycles. The first kappa shape index (κ1) is 17.5. The van der Waals surface area contributed by atoms with Crippen LogP contribution in [0.2, 0.25) is 0 Å². The molecule has 23 heavy (non-hydrogen) atoms. The maximum atomic E-state index is 12.4. The van der Waals surface area contributed by atoms with Crippen LogP contribution in [0.25, 0.3) is 6.08 Å². The lowest BCUT2D eigenvalue weighted by atomic mass is 10.2. The molecule has 0 bridgehead atoms. The number of hydrogen-bond acceptors (Lipinski definition) is 5. The van der Waals surface area contributed by atoms with E-state index in [0.29, 0.717) is 22.2 Å². The summed E-state index contributed by atoms with van der Waals surface area (Å²) in [6, 6.07) is 7.87. The molecule has 1 aliphatic heterocycles. The number of rotatable bonds is 6. The van der Waals surface area contributed by atoms with Crippen LogP contribution in [-0.2, 0) is 9.59 Å². The fraction of sp³-hybridized carbons (Fsp3) is 0.312. The quantitative estimate of drug-likeness (QED) is 0.629. The summed E-state index contributed by atoms with van der Waals surface area (Å²) in [5.74, 6) is -1.02. The topological polar surface area (TPSA) is 60.9 Å². The van der Waals surface area contributed by atoms with E-state index in [9.17, 15) is 9.59 Å². The third-order valence-corrected chi connectivity index (χ3v) is 4.73. The molecule has 0 unspecified atom stereocenters. The van der Waals surface area contributed by atoms with Crippen molar-refractivity contribution in [2.75, 3.05) is 25.5 Å². The van der Waals surface area contributed by atoms with Crippen LogP contribution in [0.3, 0.4) is 0 Å². The van der Waals surface area contributed by atoms with Crippen LogP contribution in [-0.4, -0.2) is 46.8 Å². The second kappa shape index (κ2) is 7.61. The third-order valence-electron chi connectivity index (χ3n) is 3.35. The Kier molecular flexibility index (Phi) is 5.79. The Morgan fingerprint density at radius 3 is 2.57 bits per heavy atom. The normalized spacial score (nSPS) is 16.3. The highest BCUT2D eigenvalue weighted by Crippen LogP contribution is 2.32. The minimum atomic E-state index is -0.869. The monoisotopic (exact) mass is 350 g/mol. The van der Waals surface area contributed by atoms with Crippen molar-refractivity contribution >= 4 is 51.9 Å². The number of anilines is 1. The molecule has 0 aromatic heterocycles. The summed E-state index contributed by atoms with van der Waals surface area (Å²) in [6.45, 7) is 0.341. The lowest BCUT2D eigenvalue weighted by Crippen LogP contribution is -2.29. The minimum Gasteiger partial charge on any atom is -0.481 e. The summed E-state index contributed by atoms with van der Waals surface area (Å²) in [4.78, 5) is 27.0. The zero-order valence-electron chi connectivity index (χ0n) is 13.0. The number of carbonyl (C=O) groups excluding carboxylic acids is 1. The molecule has 1 heterocycles. The van der Waals surface area contributed by atoms with Gasteiger partial charge in [0, 0.05) is 32.7 Å². The highest BCUT2D eigenvalue weighted by Gasteiger charge is 2.31. The van der Waals surface area contributed by atoms with E-state index in [1.807, 2.05) is 49.3 Å². The third kappa shape index (κ3) is 4.56. The number of thiocarbonyl (C=S) groups is 1. The van der Waals surface area contributed by atoms with E-state index in [-0.39, 0.29) is 12.3 Å². The molecular weight excluding hydrogens is 332 g/mol. The van der Waals surface area contributed by atoms with E-state index >= 15 is 0 Å². The maximum Gasteiger partial charge on any atom is 0.303 e. The van der Waals surface area contributed by atoms with E-state index in [1.54, 1.807) is 0 Å². The Morgan fingerprint density at radius 2 is 2.00 bits per heavy atom. The molecule has 1 saturated heterocycles. The zero-order chi connectivity index (χ0) is 17.0. The number of thioether (sulfide) groups is 1. The number of aliphatic carboxylic acids is 1. The second-order valence-electron chi connectivity index (χ2n) is 5.32. The van der Waals surface area contributed by atoms with Gasteiger partial charge in [0.1, 0.15) is 4.32 Å². The van der Waals surface area contributed by atoms with Gasteiger partial charge in [-0.1, -0.05) is 36.1 Å². The molecule has 1 aromatic carbocycles. The predicted octanol–water partition coefficient (Wildman–Crippen LogP) is 2.82. The summed E-state index contributed by atoms with van der Waals surface area (Å²) in [5, 5.41) is 8.67. The molecule has 2 rings (SSSR count). The van der Waals surface area contributed by atoms with Gasteiger partial charge < -0.3 is 10.0 Å². The molecule has 0 atom stereocenters. The van der Waals surface area contributed by atoms with Gasteiger partial charge >= 0.3 is 5.97 Å². The summed E-state index contributed by atoms with van der Waals surface area (Å²) in [6.07, 6.45) is 2.24. The van der Waals surface area contributed by atoms with E-state index in [0.717, 1.165) is 11.3 Å². The van der Waals surface area contributed by atoms with Gasteiger partial charge in [-0.3, -0.25) is 14.5 Å². The minimum absolute atomic E-state index is 0.0299. The number of carboxylic acids is 1. The van der Waals surface area contributed by atoms with Gasteiger partial charge in [0.05, 0.1) is 4.91 Å². The molecule has 0 saturated carbocycles. The molecule has 7 heteroatoms. The van der Waals surface area contributed by atoms with E-state index < -0.39 is 5.97 Å². The summed E-state index contributed by atoms with van der Waals surface area (Å²) in [5.41, 5.74) is 2.02. The van der Waals surface area contributed by atoms with E-state index in [1.165, 1.54) is 16.7 Å². The van der Waals surface area contributed by atoms with Crippen LogP contribution in [0.1, 0.15) is 18.4 Å². The van der Waals surface area contributed by atoms with Crippen molar-refractivity contribution in [3.63, 3.8) is 0 Å². The van der Waals surface area contributed by atoms with Gasteiger partial charge in [-0.05, 0) is 30.2 Å². The number of carboxylic acid groups (broad SMARTS) is 1. The molecular formula is C16H18N2O3S2. The summed E-state index contributed by atoms with van der Waals surface area (Å²) in [7, 11) is 3.94. The average Bonchev–Trinajstić information content (AvgIpc) is 2.75. The summed E-state index contributed by atoms with van der Waals surface area (Å²) < 4.78 is 0.483. The lowest BCUT2D eigenvalue weighted by Gasteiger charge is -2.13. The standard InChI is InChI=1S/C16H18N2O3S2/c1-17(2)12-7-5-11(6-8-12)10-13-15(21)18(16(22)23-13)9-3-4-14(19)20/h5-8,10H,3-4,9H2,1-2H3,(H,19,20)/b13-10-. The molecule has 0 radical (unpaired) electrons. The van der Waals surface area contributed by atoms with Crippen LogP contribution >= 0.6 is 24.0 Å². The van der Waals surface area contributed by atoms with Gasteiger partial charge in [0.25, 0.3) is 5.91 Å². The van der Waals surface area contributed by atoms with Crippen LogP contribution in [0.15, 0.2) is 29.2 Å². The number of nitrogens with zero attached hydrogens (tertiary/aromatic N) is 2. The molecule has 1 amide bonds. The van der Waals surface area contributed by atoms with Crippen molar-refractivity contribution in [2.45, 2.75) is 12.8 Å². The molecule has 0 spiro atoms. The second-order valence-corrected chi connectivity index (χ2v) is 6.99. The highest BCUT2D eigenvalue weighted by molar-refractivity contribution is 8.26. The van der Waals surface area contributed by atoms with Gasteiger partial charge in [-0.25, -0.2) is 0 Å². The number of hydrogen-bond donors (Lipinski definition) is 1. The van der Waals surface area contributed by atoms with Crippen LogP contribution in [0.5, 0.6) is 0 Å². The lowest BCUT2D eigenvalue weighted by molar-refractivity contribution is -0.137.